The number of nitrogens with one attached hydrogen (secondary N) is 6. The maximum absolute atomic E-state index is 14.5. The van der Waals surface area contributed by atoms with Crippen molar-refractivity contribution in [1.29, 1.82) is 0 Å². The number of rotatable bonds is 31. The first kappa shape index (κ1) is 76.8. The average Bonchev–Trinajstić information content (AvgIpc) is 1.37. The van der Waals surface area contributed by atoms with E-state index in [0.717, 1.165) is 110 Å². The van der Waals surface area contributed by atoms with Crippen LogP contribution < -0.4 is 31.3 Å². The van der Waals surface area contributed by atoms with Gasteiger partial charge in [0.25, 0.3) is 25.8 Å². The fourth-order valence-corrected chi connectivity index (χ4v) is 16.9. The first-order valence-corrected chi connectivity index (χ1v) is 39.1. The van der Waals surface area contributed by atoms with Crippen LogP contribution in [0.4, 0.5) is 24.5 Å². The zero-order chi connectivity index (χ0) is 71.3. The van der Waals surface area contributed by atoms with E-state index in [-0.39, 0.29) is 41.8 Å². The van der Waals surface area contributed by atoms with Crippen LogP contribution in [0, 0.1) is 17.8 Å². The van der Waals surface area contributed by atoms with Crippen molar-refractivity contribution >= 4 is 89.2 Å². The van der Waals surface area contributed by atoms with Crippen molar-refractivity contribution in [2.75, 3.05) is 88.4 Å². The molecule has 99 heavy (non-hydrogen) atoms. The number of amides is 3. The number of unbranched alkanes of at least 4 members (excludes halogenated alkanes) is 2. The highest BCUT2D eigenvalue weighted by molar-refractivity contribution is 7.99. The Kier molecular flexibility index (Phi) is 26.4. The zero-order valence-corrected chi connectivity index (χ0v) is 61.4. The number of aromatic nitrogens is 1. The molecule has 0 bridgehead atoms. The number of sulfone groups is 1. The van der Waals surface area contributed by atoms with Gasteiger partial charge < -0.3 is 46.4 Å². The average molecular weight is 1460 g/mol. The van der Waals surface area contributed by atoms with Gasteiger partial charge in [-0.2, -0.15) is 13.2 Å². The van der Waals surface area contributed by atoms with Gasteiger partial charge in [0.15, 0.2) is 0 Å². The Morgan fingerprint density at radius 1 is 0.828 bits per heavy atom. The Morgan fingerprint density at radius 2 is 1.51 bits per heavy atom. The number of hydrogen-bond acceptors (Lipinski definition) is 17. The highest BCUT2D eigenvalue weighted by atomic mass is 35.5. The first-order chi connectivity index (χ1) is 46.9. The summed E-state index contributed by atoms with van der Waals surface area (Å²) in [6.07, 6.45) is 5.36. The number of β-amino-alcohol motifs (C(OH)–C–C–N with tert-alkyl or cyclic N) is 1. The van der Waals surface area contributed by atoms with Gasteiger partial charge in [0, 0.05) is 98.3 Å². The van der Waals surface area contributed by atoms with E-state index in [0.29, 0.717) is 61.7 Å². The maximum Gasteiger partial charge on any atom is 0.501 e. The molecule has 9 rings (SSSR count). The molecule has 2 fully saturated rings. The smallest absolute Gasteiger partial charge is 0.391 e. The third-order valence-electron chi connectivity index (χ3n) is 18.6. The summed E-state index contributed by atoms with van der Waals surface area (Å²) >= 11 is 9.19. The van der Waals surface area contributed by atoms with Gasteiger partial charge >= 0.3 is 5.51 Å². The van der Waals surface area contributed by atoms with Gasteiger partial charge in [-0.1, -0.05) is 113 Å². The van der Waals surface area contributed by atoms with Crippen LogP contribution in [0.1, 0.15) is 126 Å². The SMILES string of the molecule is Cc1ncsc1-c1ccc([C@H](C)NC(=O)[C@@H]2C[C@@H](O)CN2C(=O)[C@@H](NCCCCCN2CCN(CC[C@H](CSc3ccccc3)Nc3ccc(S(=O)(=O)NC(=O)c4ccc(NCCNCC5=C(c6ccc(Cl)cc6)CCC(C)(C)C5)cc4)cc3S(=O)(=O)C(F)(F)F)CC2)C(C)(C)C)cc1. The van der Waals surface area contributed by atoms with Gasteiger partial charge in [-0.3, -0.25) is 14.4 Å². The summed E-state index contributed by atoms with van der Waals surface area (Å²) in [6, 6.07) is 31.4. The molecule has 2 saturated heterocycles. The Balaban J connectivity index is 0.741. The molecule has 3 aliphatic rings. The number of allylic oxidation sites excluding steroid dienone is 1. The van der Waals surface area contributed by atoms with Crippen LogP contribution in [0.2, 0.25) is 5.02 Å². The van der Waals surface area contributed by atoms with Crippen molar-refractivity contribution in [3.63, 3.8) is 0 Å². The lowest BCUT2D eigenvalue weighted by Gasteiger charge is -2.36. The van der Waals surface area contributed by atoms with Gasteiger partial charge in [-0.15, -0.1) is 23.1 Å². The van der Waals surface area contributed by atoms with Crippen LogP contribution in [-0.2, 0) is 29.4 Å². The third-order valence-corrected chi connectivity index (χ3v) is 23.9. The van der Waals surface area contributed by atoms with Crippen LogP contribution in [0.5, 0.6) is 0 Å². The van der Waals surface area contributed by atoms with Crippen molar-refractivity contribution in [2.45, 2.75) is 150 Å². The van der Waals surface area contributed by atoms with E-state index in [1.807, 2.05) is 112 Å². The highest BCUT2D eigenvalue weighted by Crippen LogP contribution is 2.43. The lowest BCUT2D eigenvalue weighted by Crippen LogP contribution is -2.56. The summed E-state index contributed by atoms with van der Waals surface area (Å²) in [5, 5.41) is 28.0. The summed E-state index contributed by atoms with van der Waals surface area (Å²) in [6.45, 7) is 21.3. The number of hydrogen-bond donors (Lipinski definition) is 7. The number of benzene rings is 5. The molecule has 2 aliphatic heterocycles. The molecular formula is C73H94ClF3N10O8S4. The minimum absolute atomic E-state index is 0.0555. The molecule has 3 heterocycles. The van der Waals surface area contributed by atoms with Crippen LogP contribution in [0.25, 0.3) is 16.0 Å². The lowest BCUT2D eigenvalue weighted by molar-refractivity contribution is -0.142. The van der Waals surface area contributed by atoms with Crippen molar-refractivity contribution < 1.29 is 49.5 Å². The molecule has 5 aromatic carbocycles. The van der Waals surface area contributed by atoms with Crippen molar-refractivity contribution in [3.8, 4) is 10.4 Å². The van der Waals surface area contributed by atoms with Gasteiger partial charge in [-0.05, 0) is 165 Å². The molecule has 1 aromatic heterocycles. The van der Waals surface area contributed by atoms with E-state index < -0.39 is 76.4 Å². The normalized spacial score (nSPS) is 18.2. The topological polar surface area (TPSA) is 235 Å². The van der Waals surface area contributed by atoms with Crippen molar-refractivity contribution in [1.82, 2.24) is 40.4 Å². The van der Waals surface area contributed by atoms with Crippen molar-refractivity contribution in [3.05, 3.63) is 160 Å². The number of piperazine rings is 1. The predicted octanol–water partition coefficient (Wildman–Crippen LogP) is 12.4. The van der Waals surface area contributed by atoms with E-state index >= 15 is 0 Å². The number of thioether (sulfide) groups is 1. The molecule has 0 saturated carbocycles. The number of alkyl halides is 3. The van der Waals surface area contributed by atoms with Crippen LogP contribution in [0.15, 0.2) is 147 Å². The quantitative estimate of drug-likeness (QED) is 0.0158. The van der Waals surface area contributed by atoms with E-state index in [4.69, 9.17) is 11.6 Å². The number of likely N-dealkylation sites (tertiary alicyclic amines) is 1. The fraction of sp³-hybridized carbons (Fsp3) is 0.479. The molecule has 6 aromatic rings. The molecule has 3 amide bonds. The molecule has 0 radical (unpaired) electrons. The maximum atomic E-state index is 14.5. The molecule has 536 valence electrons. The molecule has 18 nitrogen and oxygen atoms in total. The molecule has 0 unspecified atom stereocenters. The summed E-state index contributed by atoms with van der Waals surface area (Å²) in [5.74, 6) is -1.28. The van der Waals surface area contributed by atoms with Crippen molar-refractivity contribution in [2.24, 2.45) is 10.8 Å². The highest BCUT2D eigenvalue weighted by Gasteiger charge is 2.49. The Labute approximate surface area is 595 Å². The minimum atomic E-state index is -6.14. The number of nitrogens with zero attached hydrogens (tertiary/aromatic N) is 4. The molecule has 0 spiro atoms. The van der Waals surface area contributed by atoms with Crippen LogP contribution in [0.3, 0.4) is 0 Å². The zero-order valence-electron chi connectivity index (χ0n) is 57.4. The third kappa shape index (κ3) is 21.1. The summed E-state index contributed by atoms with van der Waals surface area (Å²) in [4.78, 5) is 52.0. The monoisotopic (exact) mass is 1460 g/mol. The fourth-order valence-electron chi connectivity index (χ4n) is 13.0. The predicted molar refractivity (Wildman–Crippen MR) is 390 cm³/mol. The summed E-state index contributed by atoms with van der Waals surface area (Å²) in [7, 11) is -11.1. The van der Waals surface area contributed by atoms with Gasteiger partial charge in [0.05, 0.1) is 44.9 Å². The second kappa shape index (κ2) is 34.1. The van der Waals surface area contributed by atoms with E-state index in [2.05, 4.69) is 67.3 Å². The Morgan fingerprint density at radius 3 is 2.16 bits per heavy atom. The second-order valence-corrected chi connectivity index (χ2v) is 33.9. The largest absolute Gasteiger partial charge is 0.501 e. The van der Waals surface area contributed by atoms with E-state index in [1.54, 1.807) is 23.5 Å². The number of thiazole rings is 1. The van der Waals surface area contributed by atoms with Crippen LogP contribution in [-0.4, -0.2) is 167 Å². The number of carbonyl (C=O) groups is 3. The molecule has 1 aliphatic carbocycles. The standard InChI is InChI=1S/C73H94ClF3N10O8S4/c1-49(51-16-18-53(19-17-51)66-50(2)81-48-97-66)82-69(90)64-42-59(88)46-87(64)70(91)67(71(3,4)5)80-33-12-9-13-36-85-38-40-86(41-39-85)37-31-58(47-96-60-14-10-8-11-15-60)83-63-29-28-61(43-65(63)98(92,93)73(75,76)77)99(94,95)84-68(89)54-22-26-57(27-23-54)79-35-34-78-45-55-44-72(6,7)32-30-62(55)52-20-24-56(74)25-21-52/h8,10-11,14-29,43,48-49,58-59,64,67,78-80,83,88H,9,12-13,30-42,44-47H2,1-7H3,(H,82,90)(H,84,89)/t49-,58+,59+,64-,67+/m0/s1. The first-order valence-electron chi connectivity index (χ1n) is 33.9. The molecular weight excluding hydrogens is 1370 g/mol. The van der Waals surface area contributed by atoms with Crippen LogP contribution >= 0.6 is 34.7 Å². The second-order valence-electron chi connectivity index (χ2n) is 27.9. The number of halogens is 4. The lowest BCUT2D eigenvalue weighted by atomic mass is 9.73. The minimum Gasteiger partial charge on any atom is -0.391 e. The molecule has 5 atom stereocenters. The van der Waals surface area contributed by atoms with E-state index in [1.165, 1.54) is 45.5 Å². The molecule has 26 heteroatoms. The Bertz CT molecular complexity index is 3960. The van der Waals surface area contributed by atoms with E-state index in [9.17, 15) is 49.5 Å². The van der Waals surface area contributed by atoms with Gasteiger partial charge in [0.2, 0.25) is 11.8 Å². The van der Waals surface area contributed by atoms with Gasteiger partial charge in [0.1, 0.15) is 10.9 Å². The van der Waals surface area contributed by atoms with Gasteiger partial charge in [-0.25, -0.2) is 26.5 Å². The number of carbonyl (C=O) groups excluding carboxylic acids is 3. The number of aliphatic hydroxyl groups excluding tert-OH is 1. The molecule has 7 N–H and O–H groups in total. The number of aryl methyl sites for hydroxylation is 1. The number of anilines is 2. The summed E-state index contributed by atoms with van der Waals surface area (Å²) < 4.78 is 99.9. The number of sulfonamides is 1. The summed E-state index contributed by atoms with van der Waals surface area (Å²) in [5.41, 5.74) is 2.66. The Hall–Kier alpha value is -6.39. The number of aliphatic hydroxyl groups is 1.